The SMILES string of the molecule is COc1cccc(OC)c1-n1c(N2C=C(C)C=CC2)nnc1N(CC[Si](C)(C)C)S(=O)(=O)CC(O)C1(C)COC1. The predicted octanol–water partition coefficient (Wildman–Crippen LogP) is 3.44. The summed E-state index contributed by atoms with van der Waals surface area (Å²) in [6.45, 7) is 11.7. The smallest absolute Gasteiger partial charge is 0.247 e. The molecule has 1 saturated heterocycles. The molecule has 4 rings (SSSR count). The summed E-state index contributed by atoms with van der Waals surface area (Å²) in [5, 5.41) is 20.0. The van der Waals surface area contributed by atoms with Crippen molar-refractivity contribution >= 4 is 30.0 Å². The third-order valence-corrected chi connectivity index (χ3v) is 10.7. The molecule has 3 heterocycles. The van der Waals surface area contributed by atoms with E-state index in [-0.39, 0.29) is 12.5 Å². The zero-order valence-electron chi connectivity index (χ0n) is 24.4. The van der Waals surface area contributed by atoms with Gasteiger partial charge in [0.25, 0.3) is 0 Å². The molecule has 1 atom stereocenters. The van der Waals surface area contributed by atoms with Gasteiger partial charge in [-0.25, -0.2) is 17.3 Å². The number of aromatic nitrogens is 3. The molecule has 1 aromatic carbocycles. The van der Waals surface area contributed by atoms with Gasteiger partial charge in [-0.2, -0.15) is 0 Å². The number of benzene rings is 1. The highest BCUT2D eigenvalue weighted by Gasteiger charge is 2.44. The van der Waals surface area contributed by atoms with Crippen molar-refractivity contribution in [3.8, 4) is 17.2 Å². The Bertz CT molecular complexity index is 1360. The summed E-state index contributed by atoms with van der Waals surface area (Å²) in [5.74, 6) is 0.997. The Morgan fingerprint density at radius 1 is 1.18 bits per heavy atom. The molecule has 220 valence electrons. The Hall–Kier alpha value is -2.87. The number of para-hydroxylation sites is 1. The molecule has 2 aromatic rings. The van der Waals surface area contributed by atoms with E-state index in [1.807, 2.05) is 37.1 Å². The van der Waals surface area contributed by atoms with Crippen LogP contribution in [0.5, 0.6) is 11.5 Å². The fourth-order valence-corrected chi connectivity index (χ4v) is 7.38. The van der Waals surface area contributed by atoms with Crippen LogP contribution in [0.2, 0.25) is 25.7 Å². The summed E-state index contributed by atoms with van der Waals surface area (Å²) in [6.07, 6.45) is 4.85. The zero-order chi connectivity index (χ0) is 29.3. The molecular formula is C27H41N5O6SSi. The van der Waals surface area contributed by atoms with Gasteiger partial charge in [0.05, 0.1) is 39.3 Å². The lowest BCUT2D eigenvalue weighted by molar-refractivity contribution is -0.154. The number of aliphatic hydroxyl groups excluding tert-OH is 1. The molecule has 2 aliphatic heterocycles. The average Bonchev–Trinajstić information content (AvgIpc) is 3.29. The van der Waals surface area contributed by atoms with Gasteiger partial charge in [-0.15, -0.1) is 10.2 Å². The van der Waals surface area contributed by atoms with Crippen molar-refractivity contribution in [2.75, 3.05) is 55.5 Å². The van der Waals surface area contributed by atoms with Crippen LogP contribution in [0.1, 0.15) is 13.8 Å². The Kier molecular flexibility index (Phi) is 8.69. The van der Waals surface area contributed by atoms with Crippen LogP contribution >= 0.6 is 0 Å². The Labute approximate surface area is 238 Å². The molecule has 0 bridgehead atoms. The Morgan fingerprint density at radius 3 is 2.35 bits per heavy atom. The first-order valence-corrected chi connectivity index (χ1v) is 18.7. The molecule has 2 aliphatic rings. The van der Waals surface area contributed by atoms with Gasteiger partial charge >= 0.3 is 0 Å². The van der Waals surface area contributed by atoms with Gasteiger partial charge < -0.3 is 24.2 Å². The van der Waals surface area contributed by atoms with Crippen molar-refractivity contribution < 1.29 is 27.7 Å². The second-order valence-corrected chi connectivity index (χ2v) is 19.5. The summed E-state index contributed by atoms with van der Waals surface area (Å²) in [6, 6.07) is 6.05. The maximum atomic E-state index is 14.1. The highest BCUT2D eigenvalue weighted by molar-refractivity contribution is 7.92. The number of hydrogen-bond donors (Lipinski definition) is 1. The summed E-state index contributed by atoms with van der Waals surface area (Å²) in [4.78, 5) is 1.91. The number of allylic oxidation sites excluding steroid dienone is 2. The number of sulfonamides is 1. The summed E-state index contributed by atoms with van der Waals surface area (Å²) in [7, 11) is -2.65. The van der Waals surface area contributed by atoms with Crippen molar-refractivity contribution in [1.82, 2.24) is 14.8 Å². The number of methoxy groups -OCH3 is 2. The van der Waals surface area contributed by atoms with Gasteiger partial charge in [0.15, 0.2) is 0 Å². The van der Waals surface area contributed by atoms with E-state index in [0.717, 1.165) is 5.57 Å². The number of aliphatic hydroxyl groups is 1. The molecule has 0 radical (unpaired) electrons. The fourth-order valence-electron chi connectivity index (χ4n) is 4.61. The Morgan fingerprint density at radius 2 is 1.82 bits per heavy atom. The van der Waals surface area contributed by atoms with Crippen LogP contribution in [-0.4, -0.2) is 88.7 Å². The Balaban J connectivity index is 1.92. The quantitative estimate of drug-likeness (QED) is 0.370. The molecule has 1 N–H and O–H groups in total. The van der Waals surface area contributed by atoms with Crippen molar-refractivity contribution in [2.45, 2.75) is 45.6 Å². The normalized spacial score (nSPS) is 17.7. The first kappa shape index (κ1) is 30.1. The molecule has 0 aliphatic carbocycles. The molecule has 0 spiro atoms. The lowest BCUT2D eigenvalue weighted by Crippen LogP contribution is -2.53. The minimum absolute atomic E-state index is 0.110. The van der Waals surface area contributed by atoms with Crippen LogP contribution in [-0.2, 0) is 14.8 Å². The van der Waals surface area contributed by atoms with Gasteiger partial charge in [0.2, 0.25) is 21.9 Å². The molecule has 1 fully saturated rings. The largest absolute Gasteiger partial charge is 0.494 e. The van der Waals surface area contributed by atoms with Crippen LogP contribution < -0.4 is 18.7 Å². The average molecular weight is 592 g/mol. The summed E-state index contributed by atoms with van der Waals surface area (Å²) in [5.41, 5.74) is 0.873. The summed E-state index contributed by atoms with van der Waals surface area (Å²) < 4.78 is 48.0. The third-order valence-electron chi connectivity index (χ3n) is 7.21. The van der Waals surface area contributed by atoms with Crippen molar-refractivity contribution in [1.29, 1.82) is 0 Å². The molecular weight excluding hydrogens is 550 g/mol. The molecule has 0 saturated carbocycles. The first-order valence-electron chi connectivity index (χ1n) is 13.3. The minimum Gasteiger partial charge on any atom is -0.494 e. The number of hydrogen-bond acceptors (Lipinski definition) is 9. The lowest BCUT2D eigenvalue weighted by Gasteiger charge is -2.42. The minimum atomic E-state index is -4.06. The van der Waals surface area contributed by atoms with E-state index in [4.69, 9.17) is 14.2 Å². The molecule has 0 amide bonds. The maximum Gasteiger partial charge on any atom is 0.247 e. The van der Waals surface area contributed by atoms with E-state index in [9.17, 15) is 13.5 Å². The predicted molar refractivity (Wildman–Crippen MR) is 159 cm³/mol. The second kappa shape index (κ2) is 11.5. The lowest BCUT2D eigenvalue weighted by atomic mass is 9.83. The van der Waals surface area contributed by atoms with Gasteiger partial charge in [0.1, 0.15) is 17.2 Å². The maximum absolute atomic E-state index is 14.1. The number of rotatable bonds is 12. The highest BCUT2D eigenvalue weighted by atomic mass is 32.2. The topological polar surface area (TPSA) is 119 Å². The number of nitrogens with zero attached hydrogens (tertiary/aromatic N) is 5. The molecule has 13 heteroatoms. The first-order chi connectivity index (χ1) is 18.8. The van der Waals surface area contributed by atoms with Gasteiger partial charge in [0, 0.05) is 32.8 Å². The highest BCUT2D eigenvalue weighted by Crippen LogP contribution is 2.40. The van der Waals surface area contributed by atoms with Crippen molar-refractivity contribution in [2.24, 2.45) is 5.41 Å². The molecule has 11 nitrogen and oxygen atoms in total. The summed E-state index contributed by atoms with van der Waals surface area (Å²) >= 11 is 0. The van der Waals surface area contributed by atoms with Gasteiger partial charge in [-0.05, 0) is 30.7 Å². The monoisotopic (exact) mass is 591 g/mol. The van der Waals surface area contributed by atoms with Crippen LogP contribution in [0.3, 0.4) is 0 Å². The van der Waals surface area contributed by atoms with Crippen LogP contribution in [0, 0.1) is 5.41 Å². The van der Waals surface area contributed by atoms with Crippen LogP contribution in [0.4, 0.5) is 11.9 Å². The molecule has 40 heavy (non-hydrogen) atoms. The fraction of sp³-hybridized carbons (Fsp3) is 0.556. The standard InChI is InChI=1S/C27H41N5O6SSi/c1-20-10-9-13-30(16-20)25-28-29-26(32(25)24-21(36-3)11-8-12-22(24)37-4)31(14-15-40(5,6)7)39(34,35)17-23(33)27(2)18-38-19-27/h8-12,16,23,33H,13-15,17-19H2,1-7H3. The van der Waals surface area contributed by atoms with Crippen molar-refractivity contribution in [3.63, 3.8) is 0 Å². The zero-order valence-corrected chi connectivity index (χ0v) is 26.2. The van der Waals surface area contributed by atoms with Gasteiger partial charge in [-0.3, -0.25) is 0 Å². The van der Waals surface area contributed by atoms with Crippen LogP contribution in [0.25, 0.3) is 5.69 Å². The van der Waals surface area contributed by atoms with E-state index in [2.05, 4.69) is 29.8 Å². The van der Waals surface area contributed by atoms with E-state index in [0.29, 0.717) is 48.9 Å². The van der Waals surface area contributed by atoms with Crippen LogP contribution in [0.15, 0.2) is 42.1 Å². The van der Waals surface area contributed by atoms with E-state index >= 15 is 0 Å². The van der Waals surface area contributed by atoms with E-state index < -0.39 is 35.4 Å². The van der Waals surface area contributed by atoms with Gasteiger partial charge in [-0.1, -0.05) is 44.8 Å². The molecule has 1 unspecified atom stereocenters. The third kappa shape index (κ3) is 6.22. The second-order valence-electron chi connectivity index (χ2n) is 11.9. The number of anilines is 2. The van der Waals surface area contributed by atoms with Crippen molar-refractivity contribution in [3.05, 3.63) is 42.1 Å². The molecule has 1 aromatic heterocycles. The van der Waals surface area contributed by atoms with E-state index in [1.165, 1.54) is 4.31 Å². The van der Waals surface area contributed by atoms with E-state index in [1.54, 1.807) is 37.0 Å². The number of ether oxygens (including phenoxy) is 3.